The highest BCUT2D eigenvalue weighted by Gasteiger charge is 2.37. The number of aromatic nitrogens is 3. The van der Waals surface area contributed by atoms with Crippen LogP contribution in [0.15, 0.2) is 12.3 Å². The molecule has 0 spiro atoms. The first-order valence-corrected chi connectivity index (χ1v) is 13.1. The van der Waals surface area contributed by atoms with E-state index in [2.05, 4.69) is 18.9 Å². The Morgan fingerprint density at radius 1 is 1.00 bits per heavy atom. The van der Waals surface area contributed by atoms with Gasteiger partial charge in [0.15, 0.2) is 5.65 Å². The lowest BCUT2D eigenvalue weighted by atomic mass is 10.0. The summed E-state index contributed by atoms with van der Waals surface area (Å²) in [5, 5.41) is 4.66. The van der Waals surface area contributed by atoms with Crippen molar-refractivity contribution in [2.24, 2.45) is 0 Å². The minimum atomic E-state index is -0.648. The van der Waals surface area contributed by atoms with Crippen LogP contribution in [0.4, 0.5) is 15.4 Å². The Bertz CT molecular complexity index is 1120. The predicted molar refractivity (Wildman–Crippen MR) is 139 cm³/mol. The minimum absolute atomic E-state index is 0.150. The average molecular weight is 500 g/mol. The van der Waals surface area contributed by atoms with Crippen LogP contribution in [0.1, 0.15) is 104 Å². The predicted octanol–water partition coefficient (Wildman–Crippen LogP) is 5.87. The number of carbonyl (C=O) groups is 2. The van der Waals surface area contributed by atoms with Crippen LogP contribution in [0.3, 0.4) is 0 Å². The van der Waals surface area contributed by atoms with Gasteiger partial charge in [0.25, 0.3) is 0 Å². The van der Waals surface area contributed by atoms with Gasteiger partial charge >= 0.3 is 12.2 Å². The van der Waals surface area contributed by atoms with E-state index in [1.807, 2.05) is 53.8 Å². The van der Waals surface area contributed by atoms with E-state index in [-0.39, 0.29) is 18.1 Å². The molecule has 0 N–H and O–H groups in total. The second-order valence-electron chi connectivity index (χ2n) is 12.4. The maximum Gasteiger partial charge on any atom is 0.416 e. The lowest BCUT2D eigenvalue weighted by molar-refractivity contribution is 0.0200. The van der Waals surface area contributed by atoms with Gasteiger partial charge in [-0.15, -0.1) is 0 Å². The Hall–Kier alpha value is -2.84. The number of nitrogens with zero attached hydrogens (tertiary/aromatic N) is 5. The molecule has 4 rings (SSSR count). The Balaban J connectivity index is 1.70. The molecular formula is C27H41N5O4. The van der Waals surface area contributed by atoms with Crippen molar-refractivity contribution < 1.29 is 19.1 Å². The van der Waals surface area contributed by atoms with Crippen molar-refractivity contribution in [1.82, 2.24) is 19.5 Å². The van der Waals surface area contributed by atoms with E-state index in [0.717, 1.165) is 29.7 Å². The zero-order chi connectivity index (χ0) is 26.4. The Morgan fingerprint density at radius 3 is 2.14 bits per heavy atom. The fraction of sp³-hybridized carbons (Fsp3) is 0.704. The van der Waals surface area contributed by atoms with E-state index in [1.165, 1.54) is 0 Å². The van der Waals surface area contributed by atoms with Gasteiger partial charge in [-0.25, -0.2) is 14.6 Å². The number of carbonyl (C=O) groups excluding carboxylic acids is 2. The Labute approximate surface area is 214 Å². The van der Waals surface area contributed by atoms with Crippen LogP contribution in [0.5, 0.6) is 0 Å². The van der Waals surface area contributed by atoms with Crippen LogP contribution in [-0.4, -0.2) is 62.0 Å². The third-order valence-electron chi connectivity index (χ3n) is 6.44. The van der Waals surface area contributed by atoms with Crippen LogP contribution in [-0.2, 0) is 9.47 Å². The highest BCUT2D eigenvalue weighted by Crippen LogP contribution is 2.41. The summed E-state index contributed by atoms with van der Waals surface area (Å²) in [6.45, 7) is 16.5. The molecule has 2 aromatic rings. The molecule has 0 aromatic carbocycles. The van der Waals surface area contributed by atoms with Gasteiger partial charge in [-0.05, 0) is 73.1 Å². The summed E-state index contributed by atoms with van der Waals surface area (Å²) >= 11 is 0. The number of anilines is 1. The number of hydrogen-bond donors (Lipinski definition) is 0. The van der Waals surface area contributed by atoms with Gasteiger partial charge in [0.05, 0.1) is 6.20 Å². The fourth-order valence-electron chi connectivity index (χ4n) is 4.52. The SMILES string of the molecule is CC(C)c1cnn2c(N(C(=O)OC(C)(C)C)C3CCN(C(=O)OC(C)(C)C)CC3)cc(C3CC3)nc12. The van der Waals surface area contributed by atoms with Crippen molar-refractivity contribution in [1.29, 1.82) is 0 Å². The summed E-state index contributed by atoms with van der Waals surface area (Å²) < 4.78 is 13.2. The zero-order valence-electron chi connectivity index (χ0n) is 23.0. The maximum atomic E-state index is 13.7. The molecule has 2 aliphatic rings. The van der Waals surface area contributed by atoms with Crippen molar-refractivity contribution in [3.63, 3.8) is 0 Å². The Kier molecular flexibility index (Phi) is 6.96. The molecule has 1 aliphatic heterocycles. The lowest BCUT2D eigenvalue weighted by Crippen LogP contribution is -2.51. The molecule has 0 bridgehead atoms. The number of ether oxygens (including phenoxy) is 2. The number of rotatable bonds is 4. The molecule has 0 radical (unpaired) electrons. The fourth-order valence-corrected chi connectivity index (χ4v) is 4.52. The molecule has 36 heavy (non-hydrogen) atoms. The maximum absolute atomic E-state index is 13.7. The molecule has 2 fully saturated rings. The smallest absolute Gasteiger partial charge is 0.416 e. The standard InChI is InChI=1S/C27H41N5O4/c1-17(2)20-16-28-32-22(15-21(18-9-10-18)29-23(20)32)31(25(34)36-27(6,7)8)19-11-13-30(14-12-19)24(33)35-26(3,4)5/h15-19H,9-14H2,1-8H3. The third kappa shape index (κ3) is 5.93. The monoisotopic (exact) mass is 499 g/mol. The van der Waals surface area contributed by atoms with Gasteiger partial charge < -0.3 is 14.4 Å². The van der Waals surface area contributed by atoms with E-state index < -0.39 is 17.3 Å². The number of likely N-dealkylation sites (tertiary alicyclic amines) is 1. The first kappa shape index (κ1) is 26.2. The van der Waals surface area contributed by atoms with Gasteiger partial charge in [-0.2, -0.15) is 9.61 Å². The van der Waals surface area contributed by atoms with Crippen molar-refractivity contribution in [2.75, 3.05) is 18.0 Å². The molecule has 0 unspecified atom stereocenters. The molecular weight excluding hydrogens is 458 g/mol. The van der Waals surface area contributed by atoms with Gasteiger partial charge in [0.2, 0.25) is 0 Å². The van der Waals surface area contributed by atoms with Crippen LogP contribution < -0.4 is 4.90 Å². The molecule has 2 amide bonds. The van der Waals surface area contributed by atoms with Crippen molar-refractivity contribution in [2.45, 2.75) is 110 Å². The van der Waals surface area contributed by atoms with Crippen molar-refractivity contribution >= 4 is 23.7 Å². The largest absolute Gasteiger partial charge is 0.444 e. The van der Waals surface area contributed by atoms with Gasteiger partial charge in [0.1, 0.15) is 17.0 Å². The van der Waals surface area contributed by atoms with E-state index in [9.17, 15) is 9.59 Å². The zero-order valence-corrected chi connectivity index (χ0v) is 23.0. The van der Waals surface area contributed by atoms with Crippen molar-refractivity contribution in [3.05, 3.63) is 23.5 Å². The van der Waals surface area contributed by atoms with E-state index in [4.69, 9.17) is 14.5 Å². The van der Waals surface area contributed by atoms with Crippen LogP contribution in [0, 0.1) is 0 Å². The molecule has 1 saturated heterocycles. The quantitative estimate of drug-likeness (QED) is 0.523. The Morgan fingerprint density at radius 2 is 1.61 bits per heavy atom. The summed E-state index contributed by atoms with van der Waals surface area (Å²) in [4.78, 5) is 34.7. The number of piperidine rings is 1. The van der Waals surface area contributed by atoms with Crippen LogP contribution in [0.25, 0.3) is 5.65 Å². The molecule has 1 saturated carbocycles. The summed E-state index contributed by atoms with van der Waals surface area (Å²) in [6.07, 6.45) is 4.56. The third-order valence-corrected chi connectivity index (χ3v) is 6.44. The van der Waals surface area contributed by atoms with E-state index >= 15 is 0 Å². The van der Waals surface area contributed by atoms with Crippen LogP contribution in [0.2, 0.25) is 0 Å². The topological polar surface area (TPSA) is 89.3 Å². The highest BCUT2D eigenvalue weighted by atomic mass is 16.6. The van der Waals surface area contributed by atoms with Gasteiger partial charge in [0, 0.05) is 42.4 Å². The number of amides is 2. The average Bonchev–Trinajstić information content (AvgIpc) is 3.50. The van der Waals surface area contributed by atoms with Gasteiger partial charge in [-0.3, -0.25) is 4.90 Å². The van der Waals surface area contributed by atoms with E-state index in [1.54, 1.807) is 14.3 Å². The van der Waals surface area contributed by atoms with Gasteiger partial charge in [-0.1, -0.05) is 13.8 Å². The molecule has 3 heterocycles. The summed E-state index contributed by atoms with van der Waals surface area (Å²) in [7, 11) is 0. The van der Waals surface area contributed by atoms with Crippen molar-refractivity contribution in [3.8, 4) is 0 Å². The molecule has 2 aromatic heterocycles. The molecule has 1 aliphatic carbocycles. The normalized spacial score (nSPS) is 17.5. The summed E-state index contributed by atoms with van der Waals surface area (Å²) in [6, 6.07) is 1.86. The second-order valence-corrected chi connectivity index (χ2v) is 12.4. The molecule has 198 valence electrons. The second kappa shape index (κ2) is 9.56. The number of fused-ring (bicyclic) bond motifs is 1. The minimum Gasteiger partial charge on any atom is -0.444 e. The summed E-state index contributed by atoms with van der Waals surface area (Å²) in [5.41, 5.74) is 1.66. The van der Waals surface area contributed by atoms with Crippen LogP contribution >= 0.6 is 0 Å². The van der Waals surface area contributed by atoms with E-state index in [0.29, 0.717) is 37.7 Å². The molecule has 0 atom stereocenters. The highest BCUT2D eigenvalue weighted by molar-refractivity contribution is 5.88. The molecule has 9 heteroatoms. The summed E-state index contributed by atoms with van der Waals surface area (Å²) in [5.74, 6) is 1.35. The first-order valence-electron chi connectivity index (χ1n) is 13.1. The molecule has 9 nitrogen and oxygen atoms in total. The lowest BCUT2D eigenvalue weighted by Gasteiger charge is -2.39. The number of hydrogen-bond acceptors (Lipinski definition) is 6. The first-order chi connectivity index (χ1) is 16.7.